The van der Waals surface area contributed by atoms with Crippen LogP contribution in [0.15, 0.2) is 46.5 Å². The van der Waals surface area contributed by atoms with Crippen molar-refractivity contribution in [2.75, 3.05) is 13.1 Å². The van der Waals surface area contributed by atoms with Gasteiger partial charge in [0.25, 0.3) is 0 Å². The van der Waals surface area contributed by atoms with Crippen LogP contribution in [0.3, 0.4) is 0 Å². The van der Waals surface area contributed by atoms with Gasteiger partial charge in [-0.25, -0.2) is 13.2 Å². The van der Waals surface area contributed by atoms with Gasteiger partial charge in [0.05, 0.1) is 4.90 Å². The molecule has 1 aromatic heterocycles. The van der Waals surface area contributed by atoms with Crippen LogP contribution < -0.4 is 0 Å². The summed E-state index contributed by atoms with van der Waals surface area (Å²) in [6.45, 7) is 4.73. The zero-order valence-electron chi connectivity index (χ0n) is 12.2. The number of benzene rings is 1. The van der Waals surface area contributed by atoms with E-state index in [2.05, 4.69) is 5.10 Å². The van der Waals surface area contributed by atoms with Gasteiger partial charge in [-0.2, -0.15) is 9.78 Å². The Hall–Kier alpha value is -1.86. The molecule has 0 aliphatic carbocycles. The zero-order chi connectivity index (χ0) is 16.3. The van der Waals surface area contributed by atoms with E-state index in [0.717, 1.165) is 4.68 Å². The van der Waals surface area contributed by atoms with Gasteiger partial charge in [-0.1, -0.05) is 11.6 Å². The Balaban J connectivity index is 2.35. The highest BCUT2D eigenvalue weighted by Gasteiger charge is 2.22. The van der Waals surface area contributed by atoms with Crippen molar-refractivity contribution in [3.05, 3.63) is 41.6 Å². The topological polar surface area (TPSA) is 72.3 Å². The molecule has 1 heterocycles. The summed E-state index contributed by atoms with van der Waals surface area (Å²) < 4.78 is 25.9. The van der Waals surface area contributed by atoms with E-state index >= 15 is 0 Å². The lowest BCUT2D eigenvalue weighted by molar-refractivity contribution is 0.201. The van der Waals surface area contributed by atoms with Crippen molar-refractivity contribution in [1.82, 2.24) is 14.7 Å². The Morgan fingerprint density at radius 3 is 2.32 bits per heavy atom. The first-order valence-corrected chi connectivity index (χ1v) is 8.61. The minimum absolute atomic E-state index is 0.0810. The highest BCUT2D eigenvalue weighted by atomic mass is 35.5. The normalized spacial score (nSPS) is 11.4. The van der Waals surface area contributed by atoms with E-state index in [4.69, 9.17) is 11.6 Å². The predicted molar refractivity (Wildman–Crippen MR) is 82.8 cm³/mol. The molecule has 6 nitrogen and oxygen atoms in total. The summed E-state index contributed by atoms with van der Waals surface area (Å²) in [5.41, 5.74) is 0. The van der Waals surface area contributed by atoms with Gasteiger partial charge in [0, 0.05) is 24.3 Å². The number of nitrogens with zero attached hydrogens (tertiary/aromatic N) is 3. The van der Waals surface area contributed by atoms with E-state index in [9.17, 15) is 13.2 Å². The van der Waals surface area contributed by atoms with Crippen LogP contribution in [-0.2, 0) is 9.84 Å². The van der Waals surface area contributed by atoms with Crippen molar-refractivity contribution >= 4 is 27.5 Å². The number of hydrogen-bond acceptors (Lipinski definition) is 4. The van der Waals surface area contributed by atoms with Gasteiger partial charge in [-0.05, 0) is 44.2 Å². The Morgan fingerprint density at radius 1 is 1.18 bits per heavy atom. The number of carbonyl (C=O) groups excluding carboxylic acids is 1. The van der Waals surface area contributed by atoms with E-state index < -0.39 is 9.84 Å². The van der Waals surface area contributed by atoms with Crippen molar-refractivity contribution < 1.29 is 13.2 Å². The lowest BCUT2D eigenvalue weighted by Gasteiger charge is -2.17. The monoisotopic (exact) mass is 341 g/mol. The molecule has 1 amide bonds. The van der Waals surface area contributed by atoms with Crippen LogP contribution in [0.5, 0.6) is 0 Å². The van der Waals surface area contributed by atoms with Crippen LogP contribution in [0.25, 0.3) is 0 Å². The first kappa shape index (κ1) is 16.5. The van der Waals surface area contributed by atoms with Crippen LogP contribution in [0.2, 0.25) is 5.02 Å². The number of rotatable bonds is 4. The zero-order valence-corrected chi connectivity index (χ0v) is 13.8. The third-order valence-electron chi connectivity index (χ3n) is 3.19. The second-order valence-electron chi connectivity index (χ2n) is 4.51. The minimum atomic E-state index is -3.77. The third kappa shape index (κ3) is 3.15. The summed E-state index contributed by atoms with van der Waals surface area (Å²) in [6, 6.07) is 6.75. The van der Waals surface area contributed by atoms with Crippen LogP contribution in [0.4, 0.5) is 4.79 Å². The molecular weight excluding hydrogens is 326 g/mol. The fourth-order valence-electron chi connectivity index (χ4n) is 1.93. The van der Waals surface area contributed by atoms with E-state index in [0.29, 0.717) is 18.1 Å². The molecule has 0 fully saturated rings. The SMILES string of the molecule is CCN(CC)C(=O)n1ccc(S(=O)(=O)c2ccc(Cl)cc2)n1. The highest BCUT2D eigenvalue weighted by Crippen LogP contribution is 2.21. The van der Waals surface area contributed by atoms with E-state index in [-0.39, 0.29) is 16.0 Å². The molecular formula is C14H16ClN3O3S. The molecule has 0 aliphatic heterocycles. The van der Waals surface area contributed by atoms with Gasteiger partial charge in [-0.3, -0.25) is 0 Å². The van der Waals surface area contributed by atoms with Crippen molar-refractivity contribution in [3.8, 4) is 0 Å². The number of hydrogen-bond donors (Lipinski definition) is 0. The van der Waals surface area contributed by atoms with E-state index in [1.54, 1.807) is 4.90 Å². The quantitative estimate of drug-likeness (QED) is 0.857. The maximum absolute atomic E-state index is 12.4. The van der Waals surface area contributed by atoms with Gasteiger partial charge in [0.2, 0.25) is 9.84 Å². The summed E-state index contributed by atoms with van der Waals surface area (Å²) in [6.07, 6.45) is 1.35. The van der Waals surface area contributed by atoms with Gasteiger partial charge in [-0.15, -0.1) is 0 Å². The van der Waals surface area contributed by atoms with Crippen LogP contribution in [-0.4, -0.2) is 42.2 Å². The number of halogens is 1. The molecule has 2 aromatic rings. The largest absolute Gasteiger partial charge is 0.344 e. The summed E-state index contributed by atoms with van der Waals surface area (Å²) >= 11 is 5.76. The maximum atomic E-state index is 12.4. The highest BCUT2D eigenvalue weighted by molar-refractivity contribution is 7.91. The van der Waals surface area contributed by atoms with Crippen molar-refractivity contribution in [2.45, 2.75) is 23.8 Å². The molecule has 2 rings (SSSR count). The number of carbonyl (C=O) groups is 1. The molecule has 0 bridgehead atoms. The average molecular weight is 342 g/mol. The lowest BCUT2D eigenvalue weighted by atomic mass is 10.4. The van der Waals surface area contributed by atoms with Crippen molar-refractivity contribution in [3.63, 3.8) is 0 Å². The molecule has 1 aromatic carbocycles. The number of amides is 1. The molecule has 0 saturated heterocycles. The maximum Gasteiger partial charge on any atom is 0.344 e. The molecule has 0 saturated carbocycles. The van der Waals surface area contributed by atoms with Gasteiger partial charge < -0.3 is 4.90 Å². The molecule has 0 aliphatic rings. The van der Waals surface area contributed by atoms with Crippen molar-refractivity contribution in [2.24, 2.45) is 0 Å². The van der Waals surface area contributed by atoms with Gasteiger partial charge >= 0.3 is 6.03 Å². The summed E-state index contributed by atoms with van der Waals surface area (Å²) in [5.74, 6) is 0. The smallest absolute Gasteiger partial charge is 0.323 e. The molecule has 22 heavy (non-hydrogen) atoms. The predicted octanol–water partition coefficient (Wildman–Crippen LogP) is 2.68. The van der Waals surface area contributed by atoms with Gasteiger partial charge in [0.1, 0.15) is 0 Å². The van der Waals surface area contributed by atoms with Gasteiger partial charge in [0.15, 0.2) is 5.03 Å². The van der Waals surface area contributed by atoms with Crippen molar-refractivity contribution in [1.29, 1.82) is 0 Å². The molecule has 0 unspecified atom stereocenters. The summed E-state index contributed by atoms with van der Waals surface area (Å²) in [7, 11) is -3.77. The Kier molecular flexibility index (Phi) is 4.87. The van der Waals surface area contributed by atoms with E-state index in [1.165, 1.54) is 36.5 Å². The van der Waals surface area contributed by atoms with Crippen LogP contribution >= 0.6 is 11.6 Å². The fraction of sp³-hybridized carbons (Fsp3) is 0.286. The molecule has 0 atom stereocenters. The second kappa shape index (κ2) is 6.50. The molecule has 0 spiro atoms. The third-order valence-corrected chi connectivity index (χ3v) is 5.11. The number of sulfone groups is 1. The molecule has 0 radical (unpaired) electrons. The first-order chi connectivity index (χ1) is 10.4. The first-order valence-electron chi connectivity index (χ1n) is 6.75. The molecule has 118 valence electrons. The standard InChI is InChI=1S/C14H16ClN3O3S/c1-3-17(4-2)14(19)18-10-9-13(16-18)22(20,21)12-7-5-11(15)6-8-12/h5-10H,3-4H2,1-2H3. The molecule has 8 heteroatoms. The molecule has 0 N–H and O–H groups in total. The average Bonchev–Trinajstić information content (AvgIpc) is 2.99. The Bertz CT molecular complexity index is 765. The fourth-order valence-corrected chi connectivity index (χ4v) is 3.23. The van der Waals surface area contributed by atoms with Crippen LogP contribution in [0.1, 0.15) is 13.8 Å². The number of aromatic nitrogens is 2. The lowest BCUT2D eigenvalue weighted by Crippen LogP contribution is -2.34. The summed E-state index contributed by atoms with van der Waals surface area (Å²) in [4.78, 5) is 13.8. The minimum Gasteiger partial charge on any atom is -0.323 e. The Labute approximate surface area is 134 Å². The second-order valence-corrected chi connectivity index (χ2v) is 6.84. The van der Waals surface area contributed by atoms with E-state index in [1.807, 2.05) is 13.8 Å². The van der Waals surface area contributed by atoms with Crippen LogP contribution in [0, 0.1) is 0 Å². The Morgan fingerprint density at radius 2 is 1.77 bits per heavy atom. The summed E-state index contributed by atoms with van der Waals surface area (Å²) in [5, 5.41) is 4.18.